The molecule has 32 heavy (non-hydrogen) atoms. The van der Waals surface area contributed by atoms with Gasteiger partial charge in [-0.15, -0.1) is 0 Å². The molecule has 2 heterocycles. The molecule has 1 N–H and O–H groups in total. The highest BCUT2D eigenvalue weighted by molar-refractivity contribution is 6.07. The lowest BCUT2D eigenvalue weighted by Gasteiger charge is -2.32. The molecule has 0 aromatic rings. The molecular weight excluding hydrogens is 416 g/mol. The van der Waals surface area contributed by atoms with Crippen molar-refractivity contribution in [2.45, 2.75) is 63.8 Å². The van der Waals surface area contributed by atoms with Gasteiger partial charge in [0, 0.05) is 33.1 Å². The van der Waals surface area contributed by atoms with E-state index in [2.05, 4.69) is 5.32 Å². The quantitative estimate of drug-likeness (QED) is 0.455. The lowest BCUT2D eigenvalue weighted by Crippen LogP contribution is -2.48. The van der Waals surface area contributed by atoms with E-state index in [0.717, 1.165) is 24.2 Å². The summed E-state index contributed by atoms with van der Waals surface area (Å²) in [7, 11) is 1.53. The SMILES string of the molecule is CCOC(=O)C1CCCN(C(=O)CN(C)C(=O)CCN2C(=O)NC3(CCCCC3)C2=O)C1. The van der Waals surface area contributed by atoms with Gasteiger partial charge in [0.05, 0.1) is 19.1 Å². The Kier molecular flexibility index (Phi) is 7.73. The molecular formula is C22H34N4O6. The molecule has 10 heteroatoms. The van der Waals surface area contributed by atoms with Crippen molar-refractivity contribution in [1.82, 2.24) is 20.0 Å². The molecule has 0 aromatic carbocycles. The molecule has 1 spiro atoms. The summed E-state index contributed by atoms with van der Waals surface area (Å²) < 4.78 is 5.06. The fourth-order valence-corrected chi connectivity index (χ4v) is 4.82. The van der Waals surface area contributed by atoms with Gasteiger partial charge in [-0.3, -0.25) is 24.1 Å². The molecule has 178 valence electrons. The number of carbonyl (C=O) groups is 5. The lowest BCUT2D eigenvalue weighted by molar-refractivity contribution is -0.152. The maximum atomic E-state index is 12.8. The first-order valence-electron chi connectivity index (χ1n) is 11.6. The number of nitrogens with zero attached hydrogens (tertiary/aromatic N) is 3. The van der Waals surface area contributed by atoms with E-state index >= 15 is 0 Å². The average molecular weight is 451 g/mol. The second-order valence-corrected chi connectivity index (χ2v) is 8.96. The number of nitrogens with one attached hydrogen (secondary N) is 1. The van der Waals surface area contributed by atoms with Crippen molar-refractivity contribution in [3.63, 3.8) is 0 Å². The van der Waals surface area contributed by atoms with Gasteiger partial charge in [-0.2, -0.15) is 0 Å². The number of hydrogen-bond donors (Lipinski definition) is 1. The number of likely N-dealkylation sites (N-methyl/N-ethyl adjacent to an activating group) is 1. The van der Waals surface area contributed by atoms with E-state index < -0.39 is 11.6 Å². The van der Waals surface area contributed by atoms with Crippen LogP contribution in [0.15, 0.2) is 0 Å². The van der Waals surface area contributed by atoms with Crippen LogP contribution in [-0.4, -0.2) is 89.8 Å². The third-order valence-electron chi connectivity index (χ3n) is 6.69. The number of piperidine rings is 1. The first-order valence-corrected chi connectivity index (χ1v) is 11.6. The number of rotatable bonds is 7. The number of likely N-dealkylation sites (tertiary alicyclic amines) is 1. The molecule has 1 aliphatic carbocycles. The number of imide groups is 1. The summed E-state index contributed by atoms with van der Waals surface area (Å²) in [4.78, 5) is 66.4. The van der Waals surface area contributed by atoms with Gasteiger partial charge in [-0.1, -0.05) is 19.3 Å². The molecule has 3 fully saturated rings. The monoisotopic (exact) mass is 450 g/mol. The van der Waals surface area contributed by atoms with E-state index in [-0.39, 0.29) is 49.1 Å². The van der Waals surface area contributed by atoms with Crippen molar-refractivity contribution in [1.29, 1.82) is 0 Å². The van der Waals surface area contributed by atoms with E-state index in [1.54, 1.807) is 11.8 Å². The number of urea groups is 1. The van der Waals surface area contributed by atoms with E-state index in [1.165, 1.54) is 11.9 Å². The van der Waals surface area contributed by atoms with Crippen LogP contribution in [0.3, 0.4) is 0 Å². The minimum atomic E-state index is -0.802. The topological polar surface area (TPSA) is 116 Å². The fourth-order valence-electron chi connectivity index (χ4n) is 4.82. The molecule has 3 rings (SSSR count). The summed E-state index contributed by atoms with van der Waals surface area (Å²) in [5.41, 5.74) is -0.802. The molecule has 1 atom stereocenters. The van der Waals surface area contributed by atoms with Crippen molar-refractivity contribution in [3.8, 4) is 0 Å². The zero-order chi connectivity index (χ0) is 23.3. The van der Waals surface area contributed by atoms with Gasteiger partial charge in [0.2, 0.25) is 11.8 Å². The summed E-state index contributed by atoms with van der Waals surface area (Å²) in [6, 6.07) is -0.443. The van der Waals surface area contributed by atoms with Gasteiger partial charge >= 0.3 is 12.0 Å². The smallest absolute Gasteiger partial charge is 0.325 e. The van der Waals surface area contributed by atoms with Gasteiger partial charge in [0.1, 0.15) is 5.54 Å². The Labute approximate surface area is 188 Å². The van der Waals surface area contributed by atoms with E-state index in [4.69, 9.17) is 4.74 Å². The first-order chi connectivity index (χ1) is 15.3. The van der Waals surface area contributed by atoms with Crippen LogP contribution < -0.4 is 5.32 Å². The van der Waals surface area contributed by atoms with Gasteiger partial charge in [-0.25, -0.2) is 4.79 Å². The molecule has 5 amide bonds. The van der Waals surface area contributed by atoms with Crippen LogP contribution in [0.1, 0.15) is 58.3 Å². The van der Waals surface area contributed by atoms with Crippen LogP contribution in [0.25, 0.3) is 0 Å². The first kappa shape index (κ1) is 24.0. The zero-order valence-electron chi connectivity index (χ0n) is 19.1. The molecule has 1 unspecified atom stereocenters. The number of esters is 1. The fraction of sp³-hybridized carbons (Fsp3) is 0.773. The Balaban J connectivity index is 1.47. The standard InChI is InChI=1S/C22H34N4O6/c1-3-32-19(29)16-8-7-12-25(14-16)18(28)15-24(2)17(27)9-13-26-20(30)22(23-21(26)31)10-5-4-6-11-22/h16H,3-15H2,1-2H3,(H,23,31). The predicted molar refractivity (Wildman–Crippen MR) is 114 cm³/mol. The highest BCUT2D eigenvalue weighted by Crippen LogP contribution is 2.33. The van der Waals surface area contributed by atoms with Crippen LogP contribution in [-0.2, 0) is 23.9 Å². The van der Waals surface area contributed by atoms with Crippen molar-refractivity contribution < 1.29 is 28.7 Å². The summed E-state index contributed by atoms with van der Waals surface area (Å²) in [6.45, 7) is 2.78. The maximum Gasteiger partial charge on any atom is 0.325 e. The predicted octanol–water partition coefficient (Wildman–Crippen LogP) is 0.891. The highest BCUT2D eigenvalue weighted by atomic mass is 16.5. The number of carbonyl (C=O) groups excluding carboxylic acids is 5. The Hall–Kier alpha value is -2.65. The van der Waals surface area contributed by atoms with Crippen molar-refractivity contribution in [3.05, 3.63) is 0 Å². The largest absolute Gasteiger partial charge is 0.466 e. The molecule has 3 aliphatic rings. The zero-order valence-corrected chi connectivity index (χ0v) is 19.1. The van der Waals surface area contributed by atoms with Gasteiger partial charge in [-0.05, 0) is 32.6 Å². The Bertz CT molecular complexity index is 764. The number of amides is 5. The van der Waals surface area contributed by atoms with Crippen molar-refractivity contribution in [2.24, 2.45) is 5.92 Å². The van der Waals surface area contributed by atoms with Crippen LogP contribution in [0.4, 0.5) is 4.79 Å². The average Bonchev–Trinajstić information content (AvgIpc) is 3.01. The van der Waals surface area contributed by atoms with E-state index in [0.29, 0.717) is 45.4 Å². The number of hydrogen-bond acceptors (Lipinski definition) is 6. The van der Waals surface area contributed by atoms with Gasteiger partial charge in [0.15, 0.2) is 0 Å². The molecule has 0 aromatic heterocycles. The van der Waals surface area contributed by atoms with Gasteiger partial charge in [0.25, 0.3) is 5.91 Å². The van der Waals surface area contributed by atoms with Crippen molar-refractivity contribution >= 4 is 29.7 Å². The Morgan fingerprint density at radius 3 is 2.56 bits per heavy atom. The van der Waals surface area contributed by atoms with Crippen LogP contribution in [0, 0.1) is 5.92 Å². The van der Waals surface area contributed by atoms with Crippen molar-refractivity contribution in [2.75, 3.05) is 39.8 Å². The van der Waals surface area contributed by atoms with E-state index in [1.807, 2.05) is 0 Å². The molecule has 0 bridgehead atoms. The third kappa shape index (κ3) is 5.21. The molecule has 2 aliphatic heterocycles. The minimum Gasteiger partial charge on any atom is -0.466 e. The van der Waals surface area contributed by atoms with Crippen LogP contribution in [0.2, 0.25) is 0 Å². The summed E-state index contributed by atoms with van der Waals surface area (Å²) in [6.07, 6.45) is 5.49. The minimum absolute atomic E-state index is 0.00156. The second kappa shape index (κ2) is 10.3. The second-order valence-electron chi connectivity index (χ2n) is 8.96. The summed E-state index contributed by atoms with van der Waals surface area (Å²) >= 11 is 0. The molecule has 2 saturated heterocycles. The maximum absolute atomic E-state index is 12.8. The number of ether oxygens (including phenoxy) is 1. The van der Waals surface area contributed by atoms with Crippen LogP contribution in [0.5, 0.6) is 0 Å². The van der Waals surface area contributed by atoms with Crippen LogP contribution >= 0.6 is 0 Å². The molecule has 1 saturated carbocycles. The molecule has 10 nitrogen and oxygen atoms in total. The normalized spacial score (nSPS) is 22.6. The Morgan fingerprint density at radius 2 is 1.88 bits per heavy atom. The third-order valence-corrected chi connectivity index (χ3v) is 6.69. The highest BCUT2D eigenvalue weighted by Gasteiger charge is 2.51. The lowest BCUT2D eigenvalue weighted by atomic mass is 9.82. The van der Waals surface area contributed by atoms with E-state index in [9.17, 15) is 24.0 Å². The summed E-state index contributed by atoms with van der Waals surface area (Å²) in [5.74, 6) is -1.42. The summed E-state index contributed by atoms with van der Waals surface area (Å²) in [5, 5.41) is 2.83. The molecule has 0 radical (unpaired) electrons. The van der Waals surface area contributed by atoms with Gasteiger partial charge < -0.3 is 19.9 Å². The Morgan fingerprint density at radius 1 is 1.16 bits per heavy atom.